The van der Waals surface area contributed by atoms with Crippen molar-refractivity contribution < 1.29 is 22.0 Å². The van der Waals surface area contributed by atoms with Gasteiger partial charge < -0.3 is 11.1 Å². The maximum atomic E-state index is 13.2. The van der Waals surface area contributed by atoms with E-state index in [4.69, 9.17) is 5.73 Å². The highest BCUT2D eigenvalue weighted by molar-refractivity contribution is 7.89. The van der Waals surface area contributed by atoms with Gasteiger partial charge in [0.15, 0.2) is 0 Å². The first kappa shape index (κ1) is 24.7. The Labute approximate surface area is 159 Å². The van der Waals surface area contributed by atoms with Gasteiger partial charge >= 0.3 is 0 Å². The molecule has 0 aliphatic rings. The molecule has 26 heavy (non-hydrogen) atoms. The Morgan fingerprint density at radius 1 is 1.23 bits per heavy atom. The van der Waals surface area contributed by atoms with Crippen LogP contribution < -0.4 is 15.8 Å². The molecule has 1 rings (SSSR count). The zero-order valence-electron chi connectivity index (χ0n) is 15.0. The summed E-state index contributed by atoms with van der Waals surface area (Å²) < 4.78 is 53.6. The van der Waals surface area contributed by atoms with Crippen molar-refractivity contribution in [2.24, 2.45) is 11.7 Å². The molecule has 0 saturated carbocycles. The highest BCUT2D eigenvalue weighted by Crippen LogP contribution is 2.14. The Balaban J connectivity index is 0.00000625. The zero-order valence-corrected chi connectivity index (χ0v) is 16.6. The Bertz CT molecular complexity index is 682. The molecule has 0 saturated heterocycles. The first-order chi connectivity index (χ1) is 11.5. The van der Waals surface area contributed by atoms with Crippen LogP contribution in [-0.2, 0) is 14.8 Å². The molecule has 1 aromatic rings. The van der Waals surface area contributed by atoms with Gasteiger partial charge in [0.25, 0.3) is 5.92 Å². The van der Waals surface area contributed by atoms with E-state index in [9.17, 15) is 22.0 Å². The number of sulfonamides is 1. The van der Waals surface area contributed by atoms with Crippen LogP contribution in [0.5, 0.6) is 0 Å². The Morgan fingerprint density at radius 2 is 1.77 bits per heavy atom. The summed E-state index contributed by atoms with van der Waals surface area (Å²) in [5.74, 6) is -4.07. The number of aryl methyl sites for hydroxylation is 1. The van der Waals surface area contributed by atoms with Gasteiger partial charge in [0.05, 0.1) is 18.0 Å². The summed E-state index contributed by atoms with van der Waals surface area (Å²) in [6.07, 6.45) is 0.172. The van der Waals surface area contributed by atoms with Gasteiger partial charge in [0.1, 0.15) is 6.04 Å². The van der Waals surface area contributed by atoms with Gasteiger partial charge in [-0.15, -0.1) is 12.4 Å². The number of amides is 1. The lowest BCUT2D eigenvalue weighted by atomic mass is 10.0. The van der Waals surface area contributed by atoms with E-state index in [0.717, 1.165) is 5.56 Å². The summed E-state index contributed by atoms with van der Waals surface area (Å²) in [5, 5.41) is 2.07. The first-order valence-electron chi connectivity index (χ1n) is 7.91. The molecule has 1 atom stereocenters. The fourth-order valence-corrected chi connectivity index (χ4v) is 3.27. The van der Waals surface area contributed by atoms with Crippen molar-refractivity contribution in [3.05, 3.63) is 29.8 Å². The Morgan fingerprint density at radius 3 is 2.23 bits per heavy atom. The van der Waals surface area contributed by atoms with Gasteiger partial charge in [0.2, 0.25) is 15.9 Å². The average molecular weight is 414 g/mol. The third-order valence-electron chi connectivity index (χ3n) is 3.47. The van der Waals surface area contributed by atoms with Crippen LogP contribution in [0.3, 0.4) is 0 Å². The number of hydrogen-bond donors (Lipinski definition) is 3. The lowest BCUT2D eigenvalue weighted by molar-refractivity contribution is -0.124. The SMILES string of the molecule is Cc1ccc(S(=O)(=O)NC(CC(C)C)C(=O)NCC(F)(F)CN)cc1.Cl. The summed E-state index contributed by atoms with van der Waals surface area (Å²) in [7, 11) is -3.95. The summed E-state index contributed by atoms with van der Waals surface area (Å²) in [5.41, 5.74) is 5.81. The van der Waals surface area contributed by atoms with Crippen molar-refractivity contribution in [2.75, 3.05) is 13.1 Å². The third kappa shape index (κ3) is 7.94. The minimum atomic E-state index is -3.95. The van der Waals surface area contributed by atoms with Crippen LogP contribution in [0, 0.1) is 12.8 Å². The Kier molecular flexibility index (Phi) is 9.65. The average Bonchev–Trinajstić information content (AvgIpc) is 2.52. The van der Waals surface area contributed by atoms with Crippen LogP contribution in [0.15, 0.2) is 29.2 Å². The molecule has 0 radical (unpaired) electrons. The molecule has 0 aliphatic heterocycles. The van der Waals surface area contributed by atoms with Gasteiger partial charge in [-0.3, -0.25) is 4.79 Å². The number of carbonyl (C=O) groups is 1. The standard InChI is InChI=1S/C16H25F2N3O3S.ClH/c1-11(2)8-14(15(22)20-10-16(17,18)9-19)21-25(23,24)13-6-4-12(3)5-7-13;/h4-7,11,14,21H,8-10,19H2,1-3H3,(H,20,22);1H. The van der Waals surface area contributed by atoms with Crippen molar-refractivity contribution >= 4 is 28.3 Å². The minimum Gasteiger partial charge on any atom is -0.349 e. The summed E-state index contributed by atoms with van der Waals surface area (Å²) in [4.78, 5) is 12.2. The number of benzene rings is 1. The second-order valence-electron chi connectivity index (χ2n) is 6.39. The van der Waals surface area contributed by atoms with Crippen molar-refractivity contribution in [2.45, 2.75) is 44.1 Å². The summed E-state index contributed by atoms with van der Waals surface area (Å²) in [6, 6.07) is 4.96. The first-order valence-corrected chi connectivity index (χ1v) is 9.40. The van der Waals surface area contributed by atoms with Crippen molar-refractivity contribution in [3.63, 3.8) is 0 Å². The molecule has 150 valence electrons. The van der Waals surface area contributed by atoms with Crippen molar-refractivity contribution in [1.82, 2.24) is 10.0 Å². The van der Waals surface area contributed by atoms with Crippen molar-refractivity contribution in [1.29, 1.82) is 0 Å². The highest BCUT2D eigenvalue weighted by Gasteiger charge is 2.31. The molecular formula is C16H26ClF2N3O3S. The number of nitrogens with one attached hydrogen (secondary N) is 2. The normalized spacial score (nSPS) is 13.2. The van der Waals surface area contributed by atoms with E-state index in [1.165, 1.54) is 12.1 Å². The van der Waals surface area contributed by atoms with Gasteiger partial charge in [-0.05, 0) is 31.4 Å². The quantitative estimate of drug-likeness (QED) is 0.574. The molecule has 0 fully saturated rings. The Hall–Kier alpha value is -1.29. The van der Waals surface area contributed by atoms with Crippen LogP contribution in [-0.4, -0.2) is 39.4 Å². The molecule has 10 heteroatoms. The molecule has 6 nitrogen and oxygen atoms in total. The number of rotatable bonds is 9. The number of hydrogen-bond acceptors (Lipinski definition) is 4. The van der Waals surface area contributed by atoms with Crippen LogP contribution in [0.25, 0.3) is 0 Å². The number of alkyl halides is 2. The molecule has 1 aromatic carbocycles. The van der Waals surface area contributed by atoms with E-state index >= 15 is 0 Å². The van der Waals surface area contributed by atoms with E-state index in [0.29, 0.717) is 0 Å². The second-order valence-corrected chi connectivity index (χ2v) is 8.11. The maximum Gasteiger partial charge on any atom is 0.277 e. The molecular weight excluding hydrogens is 388 g/mol. The fourth-order valence-electron chi connectivity index (χ4n) is 2.06. The monoisotopic (exact) mass is 413 g/mol. The van der Waals surface area contributed by atoms with Gasteiger partial charge in [-0.2, -0.15) is 4.72 Å². The number of carbonyl (C=O) groups excluding carboxylic acids is 1. The molecule has 0 heterocycles. The fraction of sp³-hybridized carbons (Fsp3) is 0.562. The molecule has 1 amide bonds. The summed E-state index contributed by atoms with van der Waals surface area (Å²) >= 11 is 0. The third-order valence-corrected chi connectivity index (χ3v) is 4.96. The van der Waals surface area contributed by atoms with Gasteiger partial charge in [0, 0.05) is 0 Å². The minimum absolute atomic E-state index is 0. The largest absolute Gasteiger partial charge is 0.349 e. The zero-order chi connectivity index (χ0) is 19.3. The smallest absolute Gasteiger partial charge is 0.277 e. The molecule has 1 unspecified atom stereocenters. The lowest BCUT2D eigenvalue weighted by Crippen LogP contribution is -2.50. The van der Waals surface area contributed by atoms with E-state index < -0.39 is 41.0 Å². The summed E-state index contributed by atoms with van der Waals surface area (Å²) in [6.45, 7) is 3.57. The van der Waals surface area contributed by atoms with Crippen LogP contribution >= 0.6 is 12.4 Å². The van der Waals surface area contributed by atoms with Crippen LogP contribution in [0.4, 0.5) is 8.78 Å². The molecule has 0 aliphatic carbocycles. The van der Waals surface area contributed by atoms with E-state index in [1.807, 2.05) is 6.92 Å². The van der Waals surface area contributed by atoms with E-state index in [1.54, 1.807) is 26.0 Å². The maximum absolute atomic E-state index is 13.2. The molecule has 4 N–H and O–H groups in total. The van der Waals surface area contributed by atoms with Crippen LogP contribution in [0.2, 0.25) is 0 Å². The molecule has 0 bridgehead atoms. The second kappa shape index (κ2) is 10.1. The number of halogens is 3. The predicted octanol–water partition coefficient (Wildman–Crippen LogP) is 1.82. The topological polar surface area (TPSA) is 101 Å². The highest BCUT2D eigenvalue weighted by atomic mass is 35.5. The molecule has 0 aromatic heterocycles. The number of nitrogens with two attached hydrogens (primary N) is 1. The lowest BCUT2D eigenvalue weighted by Gasteiger charge is -2.22. The van der Waals surface area contributed by atoms with Gasteiger partial charge in [-0.25, -0.2) is 17.2 Å². The van der Waals surface area contributed by atoms with E-state index in [2.05, 4.69) is 10.0 Å². The predicted molar refractivity (Wildman–Crippen MR) is 99.0 cm³/mol. The van der Waals surface area contributed by atoms with Crippen molar-refractivity contribution in [3.8, 4) is 0 Å². The van der Waals surface area contributed by atoms with Crippen LogP contribution in [0.1, 0.15) is 25.8 Å². The van der Waals surface area contributed by atoms with E-state index in [-0.39, 0.29) is 29.6 Å². The van der Waals surface area contributed by atoms with Gasteiger partial charge in [-0.1, -0.05) is 31.5 Å². The molecule has 0 spiro atoms.